The fraction of sp³-hybridized carbons (Fsp3) is 0.346. The highest BCUT2D eigenvalue weighted by Crippen LogP contribution is 2.32. The third-order valence-electron chi connectivity index (χ3n) is 6.07. The monoisotopic (exact) mass is 520 g/mol. The largest absolute Gasteiger partial charge is 0.491 e. The standard InChI is InChI=1S/C26H24F4N2O5/c1-14-10-18(23-19(11-14)21(33)12-22(36-23)32-9-5-6-16(27)13-32)15(2)31-20-8-4-3-7-17(20)24(34)37-25(35)26(28,29)30/h3-4,7-8,10-12,15-16,31H,5-6,9,13H2,1-2H3/t15?,16-/m1/s1. The Hall–Kier alpha value is -3.89. The number of benzene rings is 2. The predicted molar refractivity (Wildman–Crippen MR) is 129 cm³/mol. The van der Waals surface area contributed by atoms with Crippen LogP contribution >= 0.6 is 0 Å². The molecule has 1 aliphatic heterocycles. The van der Waals surface area contributed by atoms with E-state index in [4.69, 9.17) is 4.42 Å². The van der Waals surface area contributed by atoms with Crippen LogP contribution < -0.4 is 15.6 Å². The number of fused-ring (bicyclic) bond motifs is 1. The first-order valence-electron chi connectivity index (χ1n) is 11.6. The van der Waals surface area contributed by atoms with Crippen LogP contribution in [0.3, 0.4) is 0 Å². The molecule has 0 radical (unpaired) electrons. The first-order valence-corrected chi connectivity index (χ1v) is 11.6. The van der Waals surface area contributed by atoms with Gasteiger partial charge in [-0.25, -0.2) is 14.0 Å². The predicted octanol–water partition coefficient (Wildman–Crippen LogP) is 5.46. The van der Waals surface area contributed by atoms with Crippen LogP contribution in [-0.4, -0.2) is 37.4 Å². The van der Waals surface area contributed by atoms with E-state index in [-0.39, 0.29) is 34.7 Å². The minimum Gasteiger partial charge on any atom is -0.440 e. The molecule has 4 rings (SSSR count). The third-order valence-corrected chi connectivity index (χ3v) is 6.07. The summed E-state index contributed by atoms with van der Waals surface area (Å²) in [6, 6.07) is 9.80. The molecule has 3 aromatic rings. The van der Waals surface area contributed by atoms with Crippen molar-refractivity contribution in [2.75, 3.05) is 23.3 Å². The molecule has 1 saturated heterocycles. The molecule has 0 saturated carbocycles. The van der Waals surface area contributed by atoms with Gasteiger partial charge in [-0.05, 0) is 50.5 Å². The number of piperidine rings is 1. The van der Waals surface area contributed by atoms with Crippen molar-refractivity contribution >= 4 is 34.5 Å². The van der Waals surface area contributed by atoms with Gasteiger partial charge < -0.3 is 19.4 Å². The highest BCUT2D eigenvalue weighted by molar-refractivity contribution is 6.02. The van der Waals surface area contributed by atoms with Gasteiger partial charge in [-0.15, -0.1) is 0 Å². The number of aryl methyl sites for hydroxylation is 1. The van der Waals surface area contributed by atoms with Crippen LogP contribution in [0.2, 0.25) is 0 Å². The number of nitrogens with one attached hydrogen (secondary N) is 1. The molecule has 0 spiro atoms. The van der Waals surface area contributed by atoms with Crippen LogP contribution in [0.5, 0.6) is 0 Å². The lowest BCUT2D eigenvalue weighted by Crippen LogP contribution is -2.36. The van der Waals surface area contributed by atoms with Crippen molar-refractivity contribution in [3.8, 4) is 0 Å². The van der Waals surface area contributed by atoms with Crippen LogP contribution in [0, 0.1) is 6.92 Å². The quantitative estimate of drug-likeness (QED) is 0.272. The van der Waals surface area contributed by atoms with Crippen molar-refractivity contribution in [1.29, 1.82) is 0 Å². The molecule has 37 heavy (non-hydrogen) atoms. The normalized spacial score (nSPS) is 16.9. The number of rotatable bonds is 5. The Kier molecular flexibility index (Phi) is 7.24. The molecule has 1 N–H and O–H groups in total. The molecular formula is C26H24F4N2O5. The molecule has 1 aliphatic rings. The lowest BCUT2D eigenvalue weighted by atomic mass is 10.0. The number of ether oxygens (including phenoxy) is 1. The number of nitrogens with zero attached hydrogens (tertiary/aromatic N) is 1. The van der Waals surface area contributed by atoms with Crippen molar-refractivity contribution in [1.82, 2.24) is 0 Å². The second-order valence-corrected chi connectivity index (χ2v) is 8.95. The smallest absolute Gasteiger partial charge is 0.440 e. The molecule has 2 heterocycles. The SMILES string of the molecule is Cc1cc(C(C)Nc2ccccc2C(=O)OC(=O)C(F)(F)F)c2oc(N3CCC[C@@H](F)C3)cc(=O)c2c1. The second kappa shape index (κ2) is 10.2. The van der Waals surface area contributed by atoms with Gasteiger partial charge in [0.1, 0.15) is 11.8 Å². The molecule has 0 aliphatic carbocycles. The number of halogens is 4. The Morgan fingerprint density at radius 3 is 2.62 bits per heavy atom. The molecule has 1 aromatic heterocycles. The van der Waals surface area contributed by atoms with Crippen molar-refractivity contribution in [3.63, 3.8) is 0 Å². The van der Waals surface area contributed by atoms with Gasteiger partial charge in [-0.3, -0.25) is 4.79 Å². The maximum Gasteiger partial charge on any atom is 0.491 e. The van der Waals surface area contributed by atoms with Crippen molar-refractivity contribution < 1.29 is 36.3 Å². The Morgan fingerprint density at radius 2 is 1.92 bits per heavy atom. The van der Waals surface area contributed by atoms with Crippen LogP contribution in [0.15, 0.2) is 51.7 Å². The molecule has 0 amide bonds. The van der Waals surface area contributed by atoms with Gasteiger partial charge in [0.25, 0.3) is 0 Å². The summed E-state index contributed by atoms with van der Waals surface area (Å²) in [4.78, 5) is 38.1. The number of hydrogen-bond acceptors (Lipinski definition) is 7. The topological polar surface area (TPSA) is 88.8 Å². The number of para-hydroxylation sites is 1. The maximum absolute atomic E-state index is 14.0. The van der Waals surface area contributed by atoms with E-state index in [1.807, 2.05) is 0 Å². The second-order valence-electron chi connectivity index (χ2n) is 8.95. The molecule has 11 heteroatoms. The van der Waals surface area contributed by atoms with Gasteiger partial charge in [0.05, 0.1) is 23.5 Å². The average molecular weight is 520 g/mol. The molecule has 1 fully saturated rings. The van der Waals surface area contributed by atoms with E-state index < -0.39 is 30.3 Å². The summed E-state index contributed by atoms with van der Waals surface area (Å²) in [6.45, 7) is 4.14. The molecule has 2 aromatic carbocycles. The molecule has 196 valence electrons. The Bertz CT molecular complexity index is 1400. The van der Waals surface area contributed by atoms with E-state index in [1.165, 1.54) is 24.3 Å². The highest BCUT2D eigenvalue weighted by Gasteiger charge is 2.42. The fourth-order valence-electron chi connectivity index (χ4n) is 4.32. The van der Waals surface area contributed by atoms with E-state index in [0.717, 1.165) is 5.56 Å². The Morgan fingerprint density at radius 1 is 1.19 bits per heavy atom. The lowest BCUT2D eigenvalue weighted by Gasteiger charge is -2.29. The summed E-state index contributed by atoms with van der Waals surface area (Å²) >= 11 is 0. The number of anilines is 2. The van der Waals surface area contributed by atoms with Crippen LogP contribution in [-0.2, 0) is 9.53 Å². The lowest BCUT2D eigenvalue weighted by molar-refractivity contribution is -0.193. The van der Waals surface area contributed by atoms with E-state index in [1.54, 1.807) is 36.9 Å². The zero-order chi connectivity index (χ0) is 26.9. The number of esters is 2. The summed E-state index contributed by atoms with van der Waals surface area (Å²) in [5.41, 5.74) is 1.08. The number of alkyl halides is 4. The minimum atomic E-state index is -5.32. The summed E-state index contributed by atoms with van der Waals surface area (Å²) in [7, 11) is 0. The Labute approximate surface area is 209 Å². The van der Waals surface area contributed by atoms with Crippen LogP contribution in [0.1, 0.15) is 47.3 Å². The third kappa shape index (κ3) is 5.76. The van der Waals surface area contributed by atoms with Crippen molar-refractivity contribution in [3.05, 3.63) is 69.4 Å². The molecule has 1 unspecified atom stereocenters. The zero-order valence-corrected chi connectivity index (χ0v) is 20.0. The number of carbonyl (C=O) groups excluding carboxylic acids is 2. The summed E-state index contributed by atoms with van der Waals surface area (Å²) in [5.74, 6) is -3.84. The van der Waals surface area contributed by atoms with Gasteiger partial charge in [0.2, 0.25) is 0 Å². The summed E-state index contributed by atoms with van der Waals surface area (Å²) in [6.07, 6.45) is -5.30. The summed E-state index contributed by atoms with van der Waals surface area (Å²) < 4.78 is 61.8. The van der Waals surface area contributed by atoms with E-state index in [0.29, 0.717) is 30.3 Å². The maximum atomic E-state index is 14.0. The van der Waals surface area contributed by atoms with Gasteiger partial charge in [0.15, 0.2) is 11.3 Å². The van der Waals surface area contributed by atoms with Gasteiger partial charge in [-0.2, -0.15) is 13.2 Å². The van der Waals surface area contributed by atoms with Crippen LogP contribution in [0.25, 0.3) is 11.0 Å². The number of hydrogen-bond donors (Lipinski definition) is 1. The first kappa shape index (κ1) is 26.2. The molecule has 7 nitrogen and oxygen atoms in total. The Balaban J connectivity index is 1.69. The molecular weight excluding hydrogens is 496 g/mol. The highest BCUT2D eigenvalue weighted by atomic mass is 19.4. The first-order chi connectivity index (χ1) is 17.4. The van der Waals surface area contributed by atoms with Gasteiger partial charge in [-0.1, -0.05) is 18.2 Å². The summed E-state index contributed by atoms with van der Waals surface area (Å²) in [5, 5.41) is 3.35. The van der Waals surface area contributed by atoms with Gasteiger partial charge in [0, 0.05) is 23.9 Å². The van der Waals surface area contributed by atoms with E-state index >= 15 is 0 Å². The van der Waals surface area contributed by atoms with Crippen molar-refractivity contribution in [2.45, 2.75) is 45.1 Å². The zero-order valence-electron chi connectivity index (χ0n) is 20.0. The van der Waals surface area contributed by atoms with E-state index in [9.17, 15) is 31.9 Å². The van der Waals surface area contributed by atoms with Crippen LogP contribution in [0.4, 0.5) is 29.1 Å². The molecule has 0 bridgehead atoms. The number of carbonyl (C=O) groups is 2. The average Bonchev–Trinajstić information content (AvgIpc) is 2.83. The van der Waals surface area contributed by atoms with E-state index in [2.05, 4.69) is 10.1 Å². The van der Waals surface area contributed by atoms with Crippen molar-refractivity contribution in [2.24, 2.45) is 0 Å². The minimum absolute atomic E-state index is 0.107. The fourth-order valence-corrected chi connectivity index (χ4v) is 4.32. The molecule has 2 atom stereocenters. The van der Waals surface area contributed by atoms with Gasteiger partial charge >= 0.3 is 18.1 Å².